The van der Waals surface area contributed by atoms with Gasteiger partial charge in [-0.25, -0.2) is 0 Å². The molecule has 1 aromatic rings. The molecule has 0 bridgehead atoms. The first kappa shape index (κ1) is 18.2. The van der Waals surface area contributed by atoms with E-state index in [1.165, 1.54) is 6.07 Å². The topological polar surface area (TPSA) is 32.3 Å². The van der Waals surface area contributed by atoms with Crippen molar-refractivity contribution in [1.29, 1.82) is 0 Å². The minimum atomic E-state index is -4.44. The van der Waals surface area contributed by atoms with Gasteiger partial charge in [0, 0.05) is 18.7 Å². The summed E-state index contributed by atoms with van der Waals surface area (Å²) in [6, 6.07) is 3.93. The predicted molar refractivity (Wildman–Crippen MR) is 90.6 cm³/mol. The zero-order chi connectivity index (χ0) is 18.0. The fourth-order valence-corrected chi connectivity index (χ4v) is 3.72. The molecule has 0 atom stereocenters. The molecule has 1 aromatic carbocycles. The van der Waals surface area contributed by atoms with E-state index in [2.05, 4.69) is 12.2 Å². The van der Waals surface area contributed by atoms with E-state index in [0.717, 1.165) is 44.8 Å². The Morgan fingerprint density at radius 2 is 1.72 bits per heavy atom. The molecule has 0 spiro atoms. The molecule has 2 aliphatic rings. The van der Waals surface area contributed by atoms with E-state index < -0.39 is 11.7 Å². The molecule has 0 saturated carbocycles. The zero-order valence-corrected chi connectivity index (χ0v) is 14.5. The van der Waals surface area contributed by atoms with Gasteiger partial charge in [0.15, 0.2) is 0 Å². The van der Waals surface area contributed by atoms with Crippen LogP contribution in [0.15, 0.2) is 18.2 Å². The van der Waals surface area contributed by atoms with Crippen LogP contribution in [0.5, 0.6) is 0 Å². The highest BCUT2D eigenvalue weighted by atomic mass is 19.4. The van der Waals surface area contributed by atoms with Crippen LogP contribution in [0.1, 0.15) is 60.0 Å². The Balaban J connectivity index is 1.90. The Bertz CT molecular complexity index is 616. The number of benzene rings is 1. The lowest BCUT2D eigenvalue weighted by molar-refractivity contribution is -0.137. The van der Waals surface area contributed by atoms with E-state index in [1.807, 2.05) is 0 Å². The van der Waals surface area contributed by atoms with Gasteiger partial charge in [-0.2, -0.15) is 13.2 Å². The first-order valence-electron chi connectivity index (χ1n) is 9.07. The maximum absolute atomic E-state index is 13.3. The predicted octanol–water partition coefficient (Wildman–Crippen LogP) is 4.04. The molecule has 0 aromatic heterocycles. The van der Waals surface area contributed by atoms with Crippen molar-refractivity contribution in [2.45, 2.75) is 44.7 Å². The molecule has 0 unspecified atom stereocenters. The minimum Gasteiger partial charge on any atom is -0.339 e. The van der Waals surface area contributed by atoms with E-state index in [4.69, 9.17) is 0 Å². The summed E-state index contributed by atoms with van der Waals surface area (Å²) in [6.45, 7) is 4.99. The smallest absolute Gasteiger partial charge is 0.339 e. The monoisotopic (exact) mass is 354 g/mol. The van der Waals surface area contributed by atoms with Crippen LogP contribution < -0.4 is 5.32 Å². The molecule has 2 fully saturated rings. The Kier molecular flexibility index (Phi) is 5.37. The third kappa shape index (κ3) is 4.35. The van der Waals surface area contributed by atoms with Gasteiger partial charge in [-0.05, 0) is 74.4 Å². The summed E-state index contributed by atoms with van der Waals surface area (Å²) in [6.07, 6.45) is -1.02. The van der Waals surface area contributed by atoms with Crippen LogP contribution in [0.2, 0.25) is 0 Å². The van der Waals surface area contributed by atoms with Crippen LogP contribution >= 0.6 is 0 Å². The molecule has 0 aliphatic carbocycles. The first-order chi connectivity index (χ1) is 11.8. The van der Waals surface area contributed by atoms with Crippen molar-refractivity contribution in [1.82, 2.24) is 10.2 Å². The molecular formula is C19H25F3N2O. The van der Waals surface area contributed by atoms with E-state index in [9.17, 15) is 18.0 Å². The number of carbonyl (C=O) groups excluding carboxylic acids is 1. The molecule has 1 amide bonds. The van der Waals surface area contributed by atoms with E-state index in [0.29, 0.717) is 24.6 Å². The van der Waals surface area contributed by atoms with Crippen molar-refractivity contribution >= 4 is 5.91 Å². The summed E-state index contributed by atoms with van der Waals surface area (Å²) < 4.78 is 40.0. The van der Waals surface area contributed by atoms with Crippen molar-refractivity contribution in [2.24, 2.45) is 5.92 Å². The van der Waals surface area contributed by atoms with E-state index in [1.54, 1.807) is 11.0 Å². The normalized spacial score (nSPS) is 20.7. The highest BCUT2D eigenvalue weighted by molar-refractivity contribution is 5.94. The molecule has 6 heteroatoms. The summed E-state index contributed by atoms with van der Waals surface area (Å²) in [5.41, 5.74) is 0.111. The van der Waals surface area contributed by atoms with Crippen molar-refractivity contribution in [2.75, 3.05) is 26.2 Å². The molecule has 0 radical (unpaired) electrons. The van der Waals surface area contributed by atoms with E-state index >= 15 is 0 Å². The summed E-state index contributed by atoms with van der Waals surface area (Å²) in [4.78, 5) is 14.5. The quantitative estimate of drug-likeness (QED) is 0.869. The lowest BCUT2D eigenvalue weighted by Crippen LogP contribution is -2.38. The number of halogens is 3. The van der Waals surface area contributed by atoms with Gasteiger partial charge in [-0.3, -0.25) is 4.79 Å². The maximum atomic E-state index is 13.3. The zero-order valence-electron chi connectivity index (χ0n) is 14.5. The Hall–Kier alpha value is -1.56. The van der Waals surface area contributed by atoms with Gasteiger partial charge < -0.3 is 10.2 Å². The minimum absolute atomic E-state index is 0.0801. The SMILES string of the molecule is CC1CCN(C(=O)c2cc(C3CCNCC3)cc(C(F)(F)F)c2)CC1. The van der Waals surface area contributed by atoms with Gasteiger partial charge in [0.1, 0.15) is 0 Å². The number of hydrogen-bond acceptors (Lipinski definition) is 2. The molecule has 2 saturated heterocycles. The molecule has 3 nitrogen and oxygen atoms in total. The third-order valence-electron chi connectivity index (χ3n) is 5.41. The second-order valence-electron chi connectivity index (χ2n) is 7.34. The number of hydrogen-bond donors (Lipinski definition) is 1. The summed E-state index contributed by atoms with van der Waals surface area (Å²) in [5, 5.41) is 3.23. The number of alkyl halides is 3. The molecule has 2 aliphatic heterocycles. The fraction of sp³-hybridized carbons (Fsp3) is 0.632. The lowest BCUT2D eigenvalue weighted by Gasteiger charge is -2.31. The number of nitrogens with zero attached hydrogens (tertiary/aromatic N) is 1. The molecule has 3 rings (SSSR count). The van der Waals surface area contributed by atoms with Crippen molar-refractivity contribution in [3.8, 4) is 0 Å². The van der Waals surface area contributed by atoms with Crippen molar-refractivity contribution < 1.29 is 18.0 Å². The van der Waals surface area contributed by atoms with E-state index in [-0.39, 0.29) is 17.4 Å². The van der Waals surface area contributed by atoms with Crippen LogP contribution in [0, 0.1) is 5.92 Å². The number of carbonyl (C=O) groups is 1. The van der Waals surface area contributed by atoms with Gasteiger partial charge in [-0.15, -0.1) is 0 Å². The molecular weight excluding hydrogens is 329 g/mol. The number of piperidine rings is 2. The second-order valence-corrected chi connectivity index (χ2v) is 7.34. The number of likely N-dealkylation sites (tertiary alicyclic amines) is 1. The molecule has 2 heterocycles. The lowest BCUT2D eigenvalue weighted by atomic mass is 9.87. The van der Waals surface area contributed by atoms with Crippen molar-refractivity contribution in [3.63, 3.8) is 0 Å². The highest BCUT2D eigenvalue weighted by Gasteiger charge is 2.33. The average Bonchev–Trinajstić information content (AvgIpc) is 2.61. The standard InChI is InChI=1S/C19H25F3N2O/c1-13-4-8-24(9-5-13)18(25)16-10-15(14-2-6-23-7-3-14)11-17(12-16)19(20,21)22/h10-14,23H,2-9H2,1H3. The van der Waals surface area contributed by atoms with Crippen LogP contribution in [-0.4, -0.2) is 37.0 Å². The highest BCUT2D eigenvalue weighted by Crippen LogP contribution is 2.35. The molecule has 25 heavy (non-hydrogen) atoms. The average molecular weight is 354 g/mol. The molecule has 1 N–H and O–H groups in total. The molecule has 138 valence electrons. The second kappa shape index (κ2) is 7.36. The Morgan fingerprint density at radius 3 is 2.32 bits per heavy atom. The van der Waals surface area contributed by atoms with Gasteiger partial charge in [-0.1, -0.05) is 6.92 Å². The van der Waals surface area contributed by atoms with Crippen LogP contribution in [-0.2, 0) is 6.18 Å². The van der Waals surface area contributed by atoms with Crippen molar-refractivity contribution in [3.05, 3.63) is 34.9 Å². The summed E-state index contributed by atoms with van der Waals surface area (Å²) >= 11 is 0. The summed E-state index contributed by atoms with van der Waals surface area (Å²) in [7, 11) is 0. The maximum Gasteiger partial charge on any atom is 0.416 e. The van der Waals surface area contributed by atoms with Crippen LogP contribution in [0.4, 0.5) is 13.2 Å². The largest absolute Gasteiger partial charge is 0.416 e. The fourth-order valence-electron chi connectivity index (χ4n) is 3.72. The van der Waals surface area contributed by atoms with Gasteiger partial charge >= 0.3 is 6.18 Å². The van der Waals surface area contributed by atoms with Crippen LogP contribution in [0.3, 0.4) is 0 Å². The number of rotatable bonds is 2. The number of amides is 1. The van der Waals surface area contributed by atoms with Gasteiger partial charge in [0.05, 0.1) is 5.56 Å². The Morgan fingerprint density at radius 1 is 1.08 bits per heavy atom. The summed E-state index contributed by atoms with van der Waals surface area (Å²) in [5.74, 6) is 0.375. The number of nitrogens with one attached hydrogen (secondary N) is 1. The Labute approximate surface area is 146 Å². The van der Waals surface area contributed by atoms with Gasteiger partial charge in [0.2, 0.25) is 0 Å². The third-order valence-corrected chi connectivity index (χ3v) is 5.41. The first-order valence-corrected chi connectivity index (χ1v) is 9.07. The van der Waals surface area contributed by atoms with Crippen LogP contribution in [0.25, 0.3) is 0 Å². The van der Waals surface area contributed by atoms with Gasteiger partial charge in [0.25, 0.3) is 5.91 Å².